The molecule has 0 saturated heterocycles. The summed E-state index contributed by atoms with van der Waals surface area (Å²) in [5, 5.41) is 6.62. The predicted molar refractivity (Wildman–Crippen MR) is 113 cm³/mol. The summed E-state index contributed by atoms with van der Waals surface area (Å²) in [6, 6.07) is 14.9. The van der Waals surface area contributed by atoms with Gasteiger partial charge in [-0.15, -0.1) is 0 Å². The number of nitrogens with zero attached hydrogens (tertiary/aromatic N) is 4. The van der Waals surface area contributed by atoms with E-state index in [-0.39, 0.29) is 12.5 Å². The lowest BCUT2D eigenvalue weighted by molar-refractivity contribution is -0.116. The molecule has 31 heavy (non-hydrogen) atoms. The first kappa shape index (κ1) is 20.0. The number of amides is 1. The van der Waals surface area contributed by atoms with Gasteiger partial charge in [-0.3, -0.25) is 14.8 Å². The number of pyridine rings is 2. The van der Waals surface area contributed by atoms with Crippen LogP contribution in [0.3, 0.4) is 0 Å². The predicted octanol–water partition coefficient (Wildman–Crippen LogP) is 3.44. The third kappa shape index (κ3) is 5.83. The number of nitrogens with one attached hydrogen (secondary N) is 1. The number of aromatic nitrogens is 4. The zero-order chi connectivity index (χ0) is 21.3. The van der Waals surface area contributed by atoms with Crippen LogP contribution in [-0.4, -0.2) is 26.0 Å². The minimum atomic E-state index is -0.263. The van der Waals surface area contributed by atoms with Crippen molar-refractivity contribution in [3.05, 3.63) is 96.4 Å². The number of carbonyl (C=O) groups is 1. The summed E-state index contributed by atoms with van der Waals surface area (Å²) in [5.41, 5.74) is 2.67. The number of benzene rings is 1. The van der Waals surface area contributed by atoms with Gasteiger partial charge in [-0.1, -0.05) is 23.4 Å². The normalized spacial score (nSPS) is 10.8. The molecule has 0 aliphatic rings. The molecule has 3 aromatic heterocycles. The molecule has 1 aromatic carbocycles. The zero-order valence-corrected chi connectivity index (χ0v) is 16.5. The van der Waals surface area contributed by atoms with Crippen LogP contribution in [0.5, 0.6) is 5.75 Å². The second-order valence-electron chi connectivity index (χ2n) is 6.52. The standard InChI is InChI=1S/C23H19N5O3/c29-21(26-15-22-27-23(28-31-22)19-9-12-24-13-10-19)8-5-17-3-6-20(7-4-17)30-16-18-2-1-11-25-14-18/h1-14H,15-16H2,(H,26,29)/b8-5+. The highest BCUT2D eigenvalue weighted by Crippen LogP contribution is 2.15. The van der Waals surface area contributed by atoms with Gasteiger partial charge in [0.1, 0.15) is 12.4 Å². The lowest BCUT2D eigenvalue weighted by Crippen LogP contribution is -2.20. The molecule has 4 rings (SSSR count). The second kappa shape index (κ2) is 9.93. The smallest absolute Gasteiger partial charge is 0.246 e. The van der Waals surface area contributed by atoms with E-state index in [2.05, 4.69) is 25.4 Å². The fourth-order valence-electron chi connectivity index (χ4n) is 2.66. The van der Waals surface area contributed by atoms with E-state index < -0.39 is 0 Å². The first-order valence-corrected chi connectivity index (χ1v) is 9.57. The van der Waals surface area contributed by atoms with Gasteiger partial charge in [0.2, 0.25) is 17.6 Å². The van der Waals surface area contributed by atoms with Crippen molar-refractivity contribution in [2.45, 2.75) is 13.2 Å². The Bertz CT molecular complexity index is 1140. The molecular formula is C23H19N5O3. The molecular weight excluding hydrogens is 394 g/mol. The van der Waals surface area contributed by atoms with Gasteiger partial charge in [-0.2, -0.15) is 4.98 Å². The van der Waals surface area contributed by atoms with Crippen LogP contribution in [0.15, 0.2) is 83.9 Å². The van der Waals surface area contributed by atoms with E-state index in [1.54, 1.807) is 43.0 Å². The van der Waals surface area contributed by atoms with Crippen LogP contribution < -0.4 is 10.1 Å². The minimum Gasteiger partial charge on any atom is -0.489 e. The molecule has 154 valence electrons. The van der Waals surface area contributed by atoms with Crippen LogP contribution in [0.1, 0.15) is 17.0 Å². The first-order chi connectivity index (χ1) is 15.3. The quantitative estimate of drug-likeness (QED) is 0.441. The van der Waals surface area contributed by atoms with Crippen molar-refractivity contribution in [2.75, 3.05) is 0 Å². The van der Waals surface area contributed by atoms with E-state index in [1.165, 1.54) is 6.08 Å². The summed E-state index contributed by atoms with van der Waals surface area (Å²) < 4.78 is 10.9. The molecule has 0 aliphatic heterocycles. The summed E-state index contributed by atoms with van der Waals surface area (Å²) >= 11 is 0. The van der Waals surface area contributed by atoms with Crippen LogP contribution in [-0.2, 0) is 17.9 Å². The van der Waals surface area contributed by atoms with Crippen molar-refractivity contribution in [1.82, 2.24) is 25.4 Å². The Morgan fingerprint density at radius 2 is 1.87 bits per heavy atom. The number of carbonyl (C=O) groups excluding carboxylic acids is 1. The fraction of sp³-hybridized carbons (Fsp3) is 0.0870. The number of hydrogen-bond donors (Lipinski definition) is 1. The lowest BCUT2D eigenvalue weighted by Gasteiger charge is -2.06. The van der Waals surface area contributed by atoms with Crippen molar-refractivity contribution in [2.24, 2.45) is 0 Å². The molecule has 0 spiro atoms. The van der Waals surface area contributed by atoms with Crippen LogP contribution in [0.4, 0.5) is 0 Å². The van der Waals surface area contributed by atoms with Crippen LogP contribution in [0.25, 0.3) is 17.5 Å². The summed E-state index contributed by atoms with van der Waals surface area (Å²) in [4.78, 5) is 24.3. The van der Waals surface area contributed by atoms with E-state index in [4.69, 9.17) is 9.26 Å². The van der Waals surface area contributed by atoms with Crippen molar-refractivity contribution < 1.29 is 14.1 Å². The Labute approximate surface area is 178 Å². The SMILES string of the molecule is O=C(/C=C/c1ccc(OCc2cccnc2)cc1)NCc1nc(-c2ccncc2)no1. The highest BCUT2D eigenvalue weighted by Gasteiger charge is 2.08. The topological polar surface area (TPSA) is 103 Å². The Balaban J connectivity index is 1.25. The molecule has 1 N–H and O–H groups in total. The van der Waals surface area contributed by atoms with Crippen molar-refractivity contribution in [3.63, 3.8) is 0 Å². The molecule has 0 fully saturated rings. The van der Waals surface area contributed by atoms with Gasteiger partial charge in [0.25, 0.3) is 0 Å². The first-order valence-electron chi connectivity index (χ1n) is 9.57. The van der Waals surface area contributed by atoms with E-state index in [9.17, 15) is 4.79 Å². The highest BCUT2D eigenvalue weighted by atomic mass is 16.5. The highest BCUT2D eigenvalue weighted by molar-refractivity contribution is 5.91. The van der Waals surface area contributed by atoms with Gasteiger partial charge < -0.3 is 14.6 Å². The number of ether oxygens (including phenoxy) is 1. The average molecular weight is 413 g/mol. The summed E-state index contributed by atoms with van der Waals surface area (Å²) in [5.74, 6) is 1.25. The van der Waals surface area contributed by atoms with E-state index in [0.717, 1.165) is 22.4 Å². The van der Waals surface area contributed by atoms with Gasteiger partial charge in [0.05, 0.1) is 6.54 Å². The van der Waals surface area contributed by atoms with Crippen LogP contribution in [0.2, 0.25) is 0 Å². The molecule has 0 saturated carbocycles. The summed E-state index contributed by atoms with van der Waals surface area (Å²) in [7, 11) is 0. The Kier molecular flexibility index (Phi) is 6.39. The average Bonchev–Trinajstić information content (AvgIpc) is 3.31. The maximum atomic E-state index is 12.1. The van der Waals surface area contributed by atoms with E-state index in [0.29, 0.717) is 18.3 Å². The molecule has 0 aliphatic carbocycles. The number of hydrogen-bond acceptors (Lipinski definition) is 7. The lowest BCUT2D eigenvalue weighted by atomic mass is 10.2. The molecule has 1 amide bonds. The molecule has 4 aromatic rings. The molecule has 0 bridgehead atoms. The van der Waals surface area contributed by atoms with Gasteiger partial charge in [0, 0.05) is 42.0 Å². The largest absolute Gasteiger partial charge is 0.489 e. The maximum absolute atomic E-state index is 12.1. The minimum absolute atomic E-state index is 0.141. The van der Waals surface area contributed by atoms with Crippen molar-refractivity contribution >= 4 is 12.0 Å². The summed E-state index contributed by atoms with van der Waals surface area (Å²) in [6.45, 7) is 0.590. The second-order valence-corrected chi connectivity index (χ2v) is 6.52. The van der Waals surface area contributed by atoms with Gasteiger partial charge in [-0.25, -0.2) is 0 Å². The Morgan fingerprint density at radius 1 is 1.03 bits per heavy atom. The molecule has 0 atom stereocenters. The molecule has 8 nitrogen and oxygen atoms in total. The van der Waals surface area contributed by atoms with Crippen molar-refractivity contribution in [1.29, 1.82) is 0 Å². The maximum Gasteiger partial charge on any atom is 0.246 e. The van der Waals surface area contributed by atoms with Crippen molar-refractivity contribution in [3.8, 4) is 17.1 Å². The van der Waals surface area contributed by atoms with E-state index in [1.807, 2.05) is 36.4 Å². The Hall–Kier alpha value is -4.33. The molecule has 8 heteroatoms. The summed E-state index contributed by atoms with van der Waals surface area (Å²) in [6.07, 6.45) is 9.96. The van der Waals surface area contributed by atoms with Gasteiger partial charge in [0.15, 0.2) is 0 Å². The monoisotopic (exact) mass is 413 g/mol. The molecule has 0 unspecified atom stereocenters. The van der Waals surface area contributed by atoms with Gasteiger partial charge in [-0.05, 0) is 42.0 Å². The van der Waals surface area contributed by atoms with Crippen LogP contribution in [0, 0.1) is 0 Å². The van der Waals surface area contributed by atoms with Gasteiger partial charge >= 0.3 is 0 Å². The van der Waals surface area contributed by atoms with E-state index >= 15 is 0 Å². The fourth-order valence-corrected chi connectivity index (χ4v) is 2.66. The third-order valence-corrected chi connectivity index (χ3v) is 4.26. The molecule has 3 heterocycles. The Morgan fingerprint density at radius 3 is 2.65 bits per heavy atom. The molecule has 0 radical (unpaired) electrons. The van der Waals surface area contributed by atoms with Crippen LogP contribution >= 0.6 is 0 Å². The third-order valence-electron chi connectivity index (χ3n) is 4.26. The number of rotatable bonds is 8. The zero-order valence-electron chi connectivity index (χ0n) is 16.5.